The number of nitrogens with zero attached hydrogens (tertiary/aromatic N) is 1. The van der Waals surface area contributed by atoms with Gasteiger partial charge in [0.15, 0.2) is 0 Å². The van der Waals surface area contributed by atoms with Crippen molar-refractivity contribution < 1.29 is 4.39 Å². The summed E-state index contributed by atoms with van der Waals surface area (Å²) in [5, 5.41) is 0.540. The first-order valence-electron chi connectivity index (χ1n) is 7.01. The number of nitrogens with two attached hydrogens (primary N) is 1. The minimum Gasteiger partial charge on any atom is -0.297 e. The molecule has 1 aromatic carbocycles. The summed E-state index contributed by atoms with van der Waals surface area (Å²) in [5.74, 6) is 5.46. The number of hydrazine groups is 1. The molecule has 0 aliphatic carbocycles. The van der Waals surface area contributed by atoms with Gasteiger partial charge in [-0.15, -0.1) is 0 Å². The van der Waals surface area contributed by atoms with E-state index in [1.165, 1.54) is 6.07 Å². The van der Waals surface area contributed by atoms with Crippen molar-refractivity contribution in [3.63, 3.8) is 0 Å². The lowest BCUT2D eigenvalue weighted by molar-refractivity contribution is 0.0909. The first-order chi connectivity index (χ1) is 9.36. The molecule has 0 aromatic heterocycles. The number of rotatable bonds is 7. The van der Waals surface area contributed by atoms with Gasteiger partial charge in [-0.1, -0.05) is 25.4 Å². The summed E-state index contributed by atoms with van der Waals surface area (Å²) in [6.45, 7) is 10.3. The third-order valence-electron chi connectivity index (χ3n) is 4.06. The SMILES string of the molecule is CCN(CC)C(C)(C)C(Cc1cc(Cl)ccc1F)NN. The van der Waals surface area contributed by atoms with E-state index >= 15 is 0 Å². The molecule has 1 aromatic rings. The van der Waals surface area contributed by atoms with Crippen LogP contribution in [0.4, 0.5) is 4.39 Å². The number of benzene rings is 1. The van der Waals surface area contributed by atoms with Gasteiger partial charge in [-0.25, -0.2) is 4.39 Å². The highest BCUT2D eigenvalue weighted by molar-refractivity contribution is 6.30. The summed E-state index contributed by atoms with van der Waals surface area (Å²) in [6, 6.07) is 4.55. The van der Waals surface area contributed by atoms with Crippen molar-refractivity contribution in [3.8, 4) is 0 Å². The maximum Gasteiger partial charge on any atom is 0.126 e. The summed E-state index contributed by atoms with van der Waals surface area (Å²) >= 11 is 5.95. The fourth-order valence-corrected chi connectivity index (χ4v) is 2.89. The van der Waals surface area contributed by atoms with Crippen LogP contribution in [0, 0.1) is 5.82 Å². The molecule has 1 atom stereocenters. The van der Waals surface area contributed by atoms with E-state index in [1.54, 1.807) is 12.1 Å². The Balaban J connectivity index is 2.99. The van der Waals surface area contributed by atoms with Crippen LogP contribution in [-0.2, 0) is 6.42 Å². The van der Waals surface area contributed by atoms with Crippen molar-refractivity contribution in [1.29, 1.82) is 0 Å². The number of hydrogen-bond donors (Lipinski definition) is 2. The lowest BCUT2D eigenvalue weighted by atomic mass is 9.87. The maximum atomic E-state index is 13.9. The lowest BCUT2D eigenvalue weighted by Gasteiger charge is -2.43. The molecule has 20 heavy (non-hydrogen) atoms. The smallest absolute Gasteiger partial charge is 0.126 e. The van der Waals surface area contributed by atoms with E-state index < -0.39 is 0 Å². The number of halogens is 2. The van der Waals surface area contributed by atoms with Gasteiger partial charge in [-0.3, -0.25) is 16.2 Å². The van der Waals surface area contributed by atoms with Crippen LogP contribution in [0.2, 0.25) is 5.02 Å². The summed E-state index contributed by atoms with van der Waals surface area (Å²) in [5.41, 5.74) is 3.23. The Morgan fingerprint density at radius 2 is 1.95 bits per heavy atom. The molecule has 0 bridgehead atoms. The van der Waals surface area contributed by atoms with Crippen LogP contribution in [0.25, 0.3) is 0 Å². The van der Waals surface area contributed by atoms with Gasteiger partial charge in [-0.05, 0) is 57.1 Å². The molecule has 1 rings (SSSR count). The van der Waals surface area contributed by atoms with E-state index in [9.17, 15) is 4.39 Å². The van der Waals surface area contributed by atoms with Crippen molar-refractivity contribution in [1.82, 2.24) is 10.3 Å². The van der Waals surface area contributed by atoms with Crippen LogP contribution in [0.5, 0.6) is 0 Å². The molecule has 114 valence electrons. The molecule has 3 N–H and O–H groups in total. The minimum absolute atomic E-state index is 0.0737. The molecule has 1 unspecified atom stereocenters. The van der Waals surface area contributed by atoms with Crippen LogP contribution in [0.1, 0.15) is 33.3 Å². The molecule has 5 heteroatoms. The van der Waals surface area contributed by atoms with Gasteiger partial charge in [0.25, 0.3) is 0 Å². The van der Waals surface area contributed by atoms with Crippen molar-refractivity contribution in [2.75, 3.05) is 13.1 Å². The summed E-state index contributed by atoms with van der Waals surface area (Å²) in [7, 11) is 0. The molecular weight excluding hydrogens is 277 g/mol. The van der Waals surface area contributed by atoms with Gasteiger partial charge < -0.3 is 0 Å². The van der Waals surface area contributed by atoms with Crippen molar-refractivity contribution in [2.24, 2.45) is 5.84 Å². The van der Waals surface area contributed by atoms with E-state index in [0.717, 1.165) is 13.1 Å². The standard InChI is InChI=1S/C15H25ClFN3/c1-5-20(6-2)15(3,4)14(19-18)10-11-9-12(16)7-8-13(11)17/h7-9,14,19H,5-6,10,18H2,1-4H3. The largest absolute Gasteiger partial charge is 0.297 e. The third kappa shape index (κ3) is 3.92. The monoisotopic (exact) mass is 301 g/mol. The molecule has 0 saturated heterocycles. The Labute approximate surface area is 126 Å². The Bertz CT molecular complexity index is 433. The van der Waals surface area contributed by atoms with Gasteiger partial charge in [0, 0.05) is 16.6 Å². The first-order valence-corrected chi connectivity index (χ1v) is 7.39. The van der Waals surface area contributed by atoms with E-state index in [1.807, 2.05) is 0 Å². The summed E-state index contributed by atoms with van der Waals surface area (Å²) < 4.78 is 13.9. The normalized spacial score (nSPS) is 13.8. The van der Waals surface area contributed by atoms with Gasteiger partial charge >= 0.3 is 0 Å². The average molecular weight is 302 g/mol. The highest BCUT2D eigenvalue weighted by Gasteiger charge is 2.33. The van der Waals surface area contributed by atoms with Crippen molar-refractivity contribution in [2.45, 2.75) is 45.7 Å². The van der Waals surface area contributed by atoms with E-state index in [2.05, 4.69) is 38.0 Å². The van der Waals surface area contributed by atoms with Crippen LogP contribution in [-0.4, -0.2) is 29.6 Å². The predicted molar refractivity (Wildman–Crippen MR) is 83.2 cm³/mol. The molecule has 0 heterocycles. The number of likely N-dealkylation sites (N-methyl/N-ethyl adjacent to an activating group) is 1. The average Bonchev–Trinajstić information content (AvgIpc) is 2.40. The Kier molecular flexibility index (Phi) is 6.40. The summed E-state index contributed by atoms with van der Waals surface area (Å²) in [4.78, 5) is 2.31. The van der Waals surface area contributed by atoms with Gasteiger partial charge in [0.1, 0.15) is 5.82 Å². The molecule has 0 aliphatic heterocycles. The molecule has 0 amide bonds. The molecule has 0 spiro atoms. The Morgan fingerprint density at radius 3 is 2.45 bits per heavy atom. The fourth-order valence-electron chi connectivity index (χ4n) is 2.69. The molecule has 0 aliphatic rings. The second-order valence-corrected chi connectivity index (χ2v) is 5.92. The molecule has 0 fully saturated rings. The van der Waals surface area contributed by atoms with Crippen LogP contribution in [0.15, 0.2) is 18.2 Å². The molecule has 0 radical (unpaired) electrons. The first kappa shape index (κ1) is 17.4. The number of nitrogens with one attached hydrogen (secondary N) is 1. The Hall–Kier alpha value is -0.680. The zero-order valence-corrected chi connectivity index (χ0v) is 13.5. The molecular formula is C15H25ClFN3. The Morgan fingerprint density at radius 1 is 1.35 bits per heavy atom. The highest BCUT2D eigenvalue weighted by Crippen LogP contribution is 2.24. The zero-order chi connectivity index (χ0) is 15.3. The van der Waals surface area contributed by atoms with Crippen molar-refractivity contribution in [3.05, 3.63) is 34.6 Å². The van der Waals surface area contributed by atoms with Crippen molar-refractivity contribution >= 4 is 11.6 Å². The number of hydrogen-bond acceptors (Lipinski definition) is 3. The van der Waals surface area contributed by atoms with E-state index in [0.29, 0.717) is 17.0 Å². The predicted octanol–water partition coefficient (Wildman–Crippen LogP) is 2.97. The quantitative estimate of drug-likeness (QED) is 0.601. The molecule has 3 nitrogen and oxygen atoms in total. The van der Waals surface area contributed by atoms with Gasteiger partial charge in [0.2, 0.25) is 0 Å². The van der Waals surface area contributed by atoms with Gasteiger partial charge in [-0.2, -0.15) is 0 Å². The van der Waals surface area contributed by atoms with Crippen LogP contribution >= 0.6 is 11.6 Å². The fraction of sp³-hybridized carbons (Fsp3) is 0.600. The maximum absolute atomic E-state index is 13.9. The van der Waals surface area contributed by atoms with E-state index in [-0.39, 0.29) is 17.4 Å². The summed E-state index contributed by atoms with van der Waals surface area (Å²) in [6.07, 6.45) is 0.492. The third-order valence-corrected chi connectivity index (χ3v) is 4.30. The zero-order valence-electron chi connectivity index (χ0n) is 12.7. The lowest BCUT2D eigenvalue weighted by Crippen LogP contribution is -2.60. The minimum atomic E-state index is -0.245. The van der Waals surface area contributed by atoms with Gasteiger partial charge in [0.05, 0.1) is 0 Å². The second kappa shape index (κ2) is 7.36. The highest BCUT2D eigenvalue weighted by atomic mass is 35.5. The topological polar surface area (TPSA) is 41.3 Å². The van der Waals surface area contributed by atoms with Crippen LogP contribution < -0.4 is 11.3 Å². The van der Waals surface area contributed by atoms with Crippen LogP contribution in [0.3, 0.4) is 0 Å². The molecule has 0 saturated carbocycles. The van der Waals surface area contributed by atoms with E-state index in [4.69, 9.17) is 17.4 Å². The second-order valence-electron chi connectivity index (χ2n) is 5.49.